The van der Waals surface area contributed by atoms with Gasteiger partial charge in [-0.3, -0.25) is 14.9 Å². The van der Waals surface area contributed by atoms with E-state index in [1.54, 1.807) is 0 Å². The van der Waals surface area contributed by atoms with Gasteiger partial charge in [0.2, 0.25) is 10.0 Å². The first-order valence-electron chi connectivity index (χ1n) is 6.73. The van der Waals surface area contributed by atoms with Crippen LogP contribution in [0.25, 0.3) is 0 Å². The summed E-state index contributed by atoms with van der Waals surface area (Å²) in [5, 5.41) is 23.4. The van der Waals surface area contributed by atoms with E-state index in [1.165, 1.54) is 18.2 Å². The van der Waals surface area contributed by atoms with Crippen molar-refractivity contribution >= 4 is 21.7 Å². The molecule has 0 aromatic heterocycles. The second kappa shape index (κ2) is 8.75. The van der Waals surface area contributed by atoms with Gasteiger partial charge in [-0.15, -0.1) is 0 Å². The largest absolute Gasteiger partial charge is 0.481 e. The van der Waals surface area contributed by atoms with Crippen molar-refractivity contribution < 1.29 is 23.2 Å². The average molecular weight is 352 g/mol. The number of rotatable bonds is 5. The summed E-state index contributed by atoms with van der Waals surface area (Å²) < 4.78 is 21.5. The number of carboxylic acids is 1. The maximum absolute atomic E-state index is 10.8. The number of hydrogen-bond donors (Lipinski definition) is 2. The number of sulfonamides is 1. The molecule has 2 aromatic carbocycles. The number of benzene rings is 2. The molecule has 8 nitrogen and oxygen atoms in total. The molecule has 0 spiro atoms. The number of nitro benzene ring substituents is 1. The molecule has 3 N–H and O–H groups in total. The van der Waals surface area contributed by atoms with Crippen LogP contribution in [0.2, 0.25) is 0 Å². The van der Waals surface area contributed by atoms with Gasteiger partial charge in [-0.05, 0) is 18.1 Å². The number of aryl methyl sites for hydroxylation is 1. The third kappa shape index (κ3) is 6.99. The average Bonchev–Trinajstić information content (AvgIpc) is 2.54. The number of primary sulfonamides is 1. The fraction of sp³-hybridized carbons (Fsp3) is 0.133. The highest BCUT2D eigenvalue weighted by Crippen LogP contribution is 2.15. The molecule has 0 aliphatic rings. The fourth-order valence-corrected chi connectivity index (χ4v) is 2.22. The first-order valence-corrected chi connectivity index (χ1v) is 8.28. The van der Waals surface area contributed by atoms with Crippen LogP contribution in [0, 0.1) is 10.1 Å². The maximum atomic E-state index is 10.8. The highest BCUT2D eigenvalue weighted by Gasteiger charge is 2.12. The molecule has 0 radical (unpaired) electrons. The van der Waals surface area contributed by atoms with Crippen molar-refractivity contribution in [3.63, 3.8) is 0 Å². The van der Waals surface area contributed by atoms with Crippen LogP contribution in [-0.2, 0) is 21.2 Å². The van der Waals surface area contributed by atoms with Gasteiger partial charge in [0.1, 0.15) is 0 Å². The van der Waals surface area contributed by atoms with Gasteiger partial charge in [0.15, 0.2) is 0 Å². The summed E-state index contributed by atoms with van der Waals surface area (Å²) in [6.07, 6.45) is 0.834. The predicted octanol–water partition coefficient (Wildman–Crippen LogP) is 1.95. The molecule has 24 heavy (non-hydrogen) atoms. The Balaban J connectivity index is 0.000000243. The molecule has 128 valence electrons. The van der Waals surface area contributed by atoms with E-state index in [0.29, 0.717) is 6.42 Å². The monoisotopic (exact) mass is 352 g/mol. The number of nitro groups is 1. The van der Waals surface area contributed by atoms with E-state index in [1.807, 2.05) is 30.3 Å². The summed E-state index contributed by atoms with van der Waals surface area (Å²) in [6.45, 7) is 0. The van der Waals surface area contributed by atoms with Gasteiger partial charge in [0, 0.05) is 18.6 Å². The molecule has 0 saturated carbocycles. The highest BCUT2D eigenvalue weighted by molar-refractivity contribution is 7.89. The van der Waals surface area contributed by atoms with E-state index in [4.69, 9.17) is 10.2 Å². The van der Waals surface area contributed by atoms with Crippen molar-refractivity contribution in [1.82, 2.24) is 0 Å². The molecule has 0 unspecified atom stereocenters. The zero-order chi connectivity index (χ0) is 18.2. The number of hydrogen-bond acceptors (Lipinski definition) is 5. The molecule has 0 aliphatic carbocycles. The van der Waals surface area contributed by atoms with E-state index in [9.17, 15) is 23.3 Å². The van der Waals surface area contributed by atoms with Crippen LogP contribution in [-0.4, -0.2) is 24.4 Å². The smallest absolute Gasteiger partial charge is 0.303 e. The van der Waals surface area contributed by atoms with Crippen LogP contribution in [0.5, 0.6) is 0 Å². The topological polar surface area (TPSA) is 141 Å². The first kappa shape index (κ1) is 19.3. The van der Waals surface area contributed by atoms with Crippen LogP contribution in [0.4, 0.5) is 5.69 Å². The van der Waals surface area contributed by atoms with Gasteiger partial charge < -0.3 is 5.11 Å². The third-order valence-electron chi connectivity index (χ3n) is 2.83. The molecule has 0 fully saturated rings. The molecular weight excluding hydrogens is 336 g/mol. The molecule has 0 heterocycles. The van der Waals surface area contributed by atoms with Gasteiger partial charge >= 0.3 is 5.97 Å². The fourth-order valence-electron chi connectivity index (χ4n) is 1.67. The molecule has 2 aromatic rings. The lowest BCUT2D eigenvalue weighted by Crippen LogP contribution is -2.12. The Bertz CT molecular complexity index is 806. The van der Waals surface area contributed by atoms with E-state index >= 15 is 0 Å². The number of nitrogens with two attached hydrogens (primary N) is 1. The van der Waals surface area contributed by atoms with E-state index < -0.39 is 20.9 Å². The Kier molecular flexibility index (Phi) is 7.02. The van der Waals surface area contributed by atoms with Gasteiger partial charge in [-0.1, -0.05) is 36.4 Å². The van der Waals surface area contributed by atoms with Gasteiger partial charge in [-0.25, -0.2) is 13.6 Å². The van der Waals surface area contributed by atoms with Crippen LogP contribution < -0.4 is 5.14 Å². The number of aliphatic carboxylic acids is 1. The van der Waals surface area contributed by atoms with E-state index in [2.05, 4.69) is 0 Å². The lowest BCUT2D eigenvalue weighted by atomic mass is 10.1. The molecule has 0 bridgehead atoms. The molecule has 0 saturated heterocycles. The molecule has 0 atom stereocenters. The Morgan fingerprint density at radius 2 is 1.75 bits per heavy atom. The molecule has 0 amide bonds. The van der Waals surface area contributed by atoms with Crippen LogP contribution in [0.3, 0.4) is 0 Å². The quantitative estimate of drug-likeness (QED) is 0.622. The minimum absolute atomic E-state index is 0.212. The highest BCUT2D eigenvalue weighted by atomic mass is 32.2. The number of carboxylic acid groups (broad SMARTS) is 1. The Labute approximate surface area is 138 Å². The van der Waals surface area contributed by atoms with Crippen molar-refractivity contribution in [1.29, 1.82) is 0 Å². The molecular formula is C15H16N2O6S. The first-order chi connectivity index (χ1) is 11.2. The summed E-state index contributed by atoms with van der Waals surface area (Å²) in [6, 6.07) is 14.2. The second-order valence-electron chi connectivity index (χ2n) is 4.68. The minimum atomic E-state index is -3.86. The summed E-state index contributed by atoms with van der Waals surface area (Å²) in [7, 11) is -3.86. The minimum Gasteiger partial charge on any atom is -0.481 e. The van der Waals surface area contributed by atoms with Crippen LogP contribution in [0.15, 0.2) is 59.5 Å². The van der Waals surface area contributed by atoms with Crippen molar-refractivity contribution in [2.75, 3.05) is 0 Å². The predicted molar refractivity (Wildman–Crippen MR) is 86.9 cm³/mol. The molecule has 9 heteroatoms. The van der Waals surface area contributed by atoms with Gasteiger partial charge in [-0.2, -0.15) is 0 Å². The zero-order valence-electron chi connectivity index (χ0n) is 12.5. The summed E-state index contributed by atoms with van der Waals surface area (Å²) >= 11 is 0. The van der Waals surface area contributed by atoms with Crippen molar-refractivity contribution in [3.05, 3.63) is 70.3 Å². The van der Waals surface area contributed by atoms with Crippen molar-refractivity contribution in [2.45, 2.75) is 17.7 Å². The number of nitrogens with zero attached hydrogens (tertiary/aromatic N) is 1. The van der Waals surface area contributed by atoms with Crippen molar-refractivity contribution in [3.8, 4) is 0 Å². The summed E-state index contributed by atoms with van der Waals surface area (Å²) in [5.74, 6) is -0.742. The Morgan fingerprint density at radius 1 is 1.12 bits per heavy atom. The van der Waals surface area contributed by atoms with Crippen LogP contribution in [0.1, 0.15) is 12.0 Å². The van der Waals surface area contributed by atoms with Crippen molar-refractivity contribution in [2.24, 2.45) is 5.14 Å². The standard InChI is InChI=1S/C9H10O2.C6H6N2O4S/c10-9(11)7-6-8-4-2-1-3-5-8;7-13(11,12)6-3-1-2-5(4-6)8(9)10/h1-5H,6-7H2,(H,10,11);1-4H,(H2,7,11,12). The SMILES string of the molecule is NS(=O)(=O)c1cccc([N+](=O)[O-])c1.O=C(O)CCc1ccccc1. The number of non-ortho nitro benzene ring substituents is 1. The third-order valence-corrected chi connectivity index (χ3v) is 3.74. The normalized spacial score (nSPS) is 10.4. The maximum Gasteiger partial charge on any atom is 0.303 e. The lowest BCUT2D eigenvalue weighted by molar-refractivity contribution is -0.385. The second-order valence-corrected chi connectivity index (χ2v) is 6.24. The van der Waals surface area contributed by atoms with E-state index in [-0.39, 0.29) is 17.0 Å². The van der Waals surface area contributed by atoms with Gasteiger partial charge in [0.05, 0.1) is 9.82 Å². The Morgan fingerprint density at radius 3 is 2.25 bits per heavy atom. The lowest BCUT2D eigenvalue weighted by Gasteiger charge is -1.96. The Hall–Kier alpha value is -2.78. The number of carbonyl (C=O) groups is 1. The van der Waals surface area contributed by atoms with E-state index in [0.717, 1.165) is 11.6 Å². The molecule has 2 rings (SSSR count). The van der Waals surface area contributed by atoms with Crippen LogP contribution >= 0.6 is 0 Å². The zero-order valence-corrected chi connectivity index (χ0v) is 13.3. The summed E-state index contributed by atoms with van der Waals surface area (Å²) in [4.78, 5) is 19.5. The molecule has 0 aliphatic heterocycles. The van der Waals surface area contributed by atoms with Gasteiger partial charge in [0.25, 0.3) is 5.69 Å². The summed E-state index contributed by atoms with van der Waals surface area (Å²) in [5.41, 5.74) is 0.779.